The van der Waals surface area contributed by atoms with Gasteiger partial charge in [-0.25, -0.2) is 0 Å². The van der Waals surface area contributed by atoms with Crippen molar-refractivity contribution in [1.29, 1.82) is 0 Å². The van der Waals surface area contributed by atoms with Gasteiger partial charge in [0.25, 0.3) is 0 Å². The highest BCUT2D eigenvalue weighted by Crippen LogP contribution is 2.11. The molecular formula is C11H20N2O3. The second kappa shape index (κ2) is 5.84. The molecule has 0 aliphatic carbocycles. The lowest BCUT2D eigenvalue weighted by atomic mass is 10.0. The monoisotopic (exact) mass is 228 g/mol. The Bertz CT molecular complexity index is 260. The Kier molecular flexibility index (Phi) is 4.73. The normalized spacial score (nSPS) is 19.3. The molecule has 92 valence electrons. The van der Waals surface area contributed by atoms with E-state index in [9.17, 15) is 9.59 Å². The Morgan fingerprint density at radius 3 is 2.38 bits per heavy atom. The van der Waals surface area contributed by atoms with Crippen LogP contribution in [0.2, 0.25) is 0 Å². The standard InChI is InChI=1S/C11H20N2O3/c1-8(11(15)16-3)12-10-4-6-13(7-5-10)9(2)14/h8,10,12H,4-7H2,1-3H3. The molecule has 0 bridgehead atoms. The number of esters is 1. The van der Waals surface area contributed by atoms with Gasteiger partial charge in [0.2, 0.25) is 5.91 Å². The maximum absolute atomic E-state index is 11.2. The van der Waals surface area contributed by atoms with Gasteiger partial charge in [-0.1, -0.05) is 0 Å². The van der Waals surface area contributed by atoms with Crippen molar-refractivity contribution in [2.45, 2.75) is 38.8 Å². The first kappa shape index (κ1) is 13.0. The SMILES string of the molecule is COC(=O)C(C)NC1CCN(C(C)=O)CC1. The molecule has 0 aromatic heterocycles. The third-order valence-electron chi connectivity index (χ3n) is 2.98. The first-order chi connectivity index (χ1) is 7.54. The Labute approximate surface area is 96.1 Å². The largest absolute Gasteiger partial charge is 0.468 e. The predicted octanol–water partition coefficient (Wildman–Crippen LogP) is 0.148. The molecule has 1 heterocycles. The van der Waals surface area contributed by atoms with Crippen LogP contribution in [0.15, 0.2) is 0 Å². The molecule has 1 N–H and O–H groups in total. The van der Waals surface area contributed by atoms with Gasteiger partial charge in [0, 0.05) is 26.1 Å². The van der Waals surface area contributed by atoms with Crippen LogP contribution in [0, 0.1) is 0 Å². The van der Waals surface area contributed by atoms with Crippen LogP contribution in [0.1, 0.15) is 26.7 Å². The molecule has 1 saturated heterocycles. The summed E-state index contributed by atoms with van der Waals surface area (Å²) in [6.07, 6.45) is 1.78. The molecule has 1 aliphatic rings. The van der Waals surface area contributed by atoms with E-state index in [1.54, 1.807) is 13.8 Å². The summed E-state index contributed by atoms with van der Waals surface area (Å²) < 4.78 is 4.65. The number of piperidine rings is 1. The van der Waals surface area contributed by atoms with Crippen molar-refractivity contribution in [3.05, 3.63) is 0 Å². The summed E-state index contributed by atoms with van der Waals surface area (Å²) in [4.78, 5) is 24.2. The smallest absolute Gasteiger partial charge is 0.322 e. The number of hydrogen-bond donors (Lipinski definition) is 1. The van der Waals surface area contributed by atoms with Crippen molar-refractivity contribution >= 4 is 11.9 Å². The highest BCUT2D eigenvalue weighted by atomic mass is 16.5. The lowest BCUT2D eigenvalue weighted by Crippen LogP contribution is -2.48. The van der Waals surface area contributed by atoms with Crippen molar-refractivity contribution in [1.82, 2.24) is 10.2 Å². The lowest BCUT2D eigenvalue weighted by Gasteiger charge is -2.32. The predicted molar refractivity (Wildman–Crippen MR) is 59.9 cm³/mol. The topological polar surface area (TPSA) is 58.6 Å². The molecule has 1 unspecified atom stereocenters. The number of nitrogens with one attached hydrogen (secondary N) is 1. The fourth-order valence-electron chi connectivity index (χ4n) is 1.96. The molecule has 0 spiro atoms. The van der Waals surface area contributed by atoms with Crippen LogP contribution in [-0.2, 0) is 14.3 Å². The van der Waals surface area contributed by atoms with Crippen molar-refractivity contribution in [3.63, 3.8) is 0 Å². The minimum absolute atomic E-state index is 0.125. The summed E-state index contributed by atoms with van der Waals surface area (Å²) in [6.45, 7) is 4.91. The third kappa shape index (κ3) is 3.48. The number of rotatable bonds is 3. The molecule has 5 heteroatoms. The first-order valence-corrected chi connectivity index (χ1v) is 5.64. The first-order valence-electron chi connectivity index (χ1n) is 5.64. The van der Waals surface area contributed by atoms with Crippen LogP contribution in [0.3, 0.4) is 0 Å². The number of hydrogen-bond acceptors (Lipinski definition) is 4. The Hall–Kier alpha value is -1.10. The van der Waals surface area contributed by atoms with Crippen LogP contribution < -0.4 is 5.32 Å². The van der Waals surface area contributed by atoms with E-state index in [2.05, 4.69) is 10.1 Å². The number of methoxy groups -OCH3 is 1. The van der Waals surface area contributed by atoms with Gasteiger partial charge in [-0.3, -0.25) is 9.59 Å². The van der Waals surface area contributed by atoms with Gasteiger partial charge < -0.3 is 15.0 Å². The van der Waals surface area contributed by atoms with Gasteiger partial charge in [-0.15, -0.1) is 0 Å². The maximum atomic E-state index is 11.2. The highest BCUT2D eigenvalue weighted by molar-refractivity contribution is 5.75. The van der Waals surface area contributed by atoms with Gasteiger partial charge in [-0.05, 0) is 19.8 Å². The van der Waals surface area contributed by atoms with E-state index in [1.807, 2.05) is 4.90 Å². The van der Waals surface area contributed by atoms with Gasteiger partial charge in [0.1, 0.15) is 6.04 Å². The van der Waals surface area contributed by atoms with Crippen LogP contribution in [-0.4, -0.2) is 49.1 Å². The van der Waals surface area contributed by atoms with E-state index >= 15 is 0 Å². The van der Waals surface area contributed by atoms with Crippen LogP contribution >= 0.6 is 0 Å². The molecular weight excluding hydrogens is 208 g/mol. The van der Waals surface area contributed by atoms with Gasteiger partial charge in [0.05, 0.1) is 7.11 Å². The second-order valence-corrected chi connectivity index (χ2v) is 4.19. The molecule has 1 rings (SSSR count). The molecule has 1 fully saturated rings. The van der Waals surface area contributed by atoms with E-state index in [1.165, 1.54) is 7.11 Å². The van der Waals surface area contributed by atoms with Gasteiger partial charge >= 0.3 is 5.97 Å². The van der Waals surface area contributed by atoms with E-state index in [4.69, 9.17) is 0 Å². The van der Waals surface area contributed by atoms with Gasteiger partial charge in [0.15, 0.2) is 0 Å². The summed E-state index contributed by atoms with van der Waals surface area (Å²) in [5.74, 6) is -0.117. The molecule has 0 radical (unpaired) electrons. The van der Waals surface area contributed by atoms with E-state index in [0.29, 0.717) is 6.04 Å². The molecule has 1 aliphatic heterocycles. The summed E-state index contributed by atoms with van der Waals surface area (Å²) >= 11 is 0. The average Bonchev–Trinajstić information content (AvgIpc) is 2.28. The zero-order chi connectivity index (χ0) is 12.1. The number of carbonyl (C=O) groups excluding carboxylic acids is 2. The quantitative estimate of drug-likeness (QED) is 0.698. The van der Waals surface area contributed by atoms with Crippen LogP contribution in [0.5, 0.6) is 0 Å². The number of nitrogens with zero attached hydrogens (tertiary/aromatic N) is 1. The van der Waals surface area contributed by atoms with Crippen LogP contribution in [0.4, 0.5) is 0 Å². The van der Waals surface area contributed by atoms with Crippen molar-refractivity contribution in [2.24, 2.45) is 0 Å². The molecule has 1 amide bonds. The lowest BCUT2D eigenvalue weighted by molar-refractivity contribution is -0.143. The molecule has 0 aromatic carbocycles. The fraction of sp³-hybridized carbons (Fsp3) is 0.818. The number of ether oxygens (including phenoxy) is 1. The molecule has 1 atom stereocenters. The minimum atomic E-state index is -0.279. The maximum Gasteiger partial charge on any atom is 0.322 e. The fourth-order valence-corrected chi connectivity index (χ4v) is 1.96. The molecule has 5 nitrogen and oxygen atoms in total. The second-order valence-electron chi connectivity index (χ2n) is 4.19. The number of amides is 1. The van der Waals surface area contributed by atoms with Crippen molar-refractivity contribution in [2.75, 3.05) is 20.2 Å². The summed E-state index contributed by atoms with van der Waals surface area (Å²) in [7, 11) is 1.39. The van der Waals surface area contributed by atoms with Gasteiger partial charge in [-0.2, -0.15) is 0 Å². The van der Waals surface area contributed by atoms with Crippen LogP contribution in [0.25, 0.3) is 0 Å². The van der Waals surface area contributed by atoms with E-state index in [0.717, 1.165) is 25.9 Å². The Morgan fingerprint density at radius 1 is 1.38 bits per heavy atom. The zero-order valence-electron chi connectivity index (χ0n) is 10.2. The number of likely N-dealkylation sites (tertiary alicyclic amines) is 1. The molecule has 0 aromatic rings. The molecule has 16 heavy (non-hydrogen) atoms. The summed E-state index contributed by atoms with van der Waals surface area (Å²) in [6, 6.07) is 0.0172. The van der Waals surface area contributed by atoms with Crippen molar-refractivity contribution in [3.8, 4) is 0 Å². The van der Waals surface area contributed by atoms with Crippen molar-refractivity contribution < 1.29 is 14.3 Å². The highest BCUT2D eigenvalue weighted by Gasteiger charge is 2.23. The Balaban J connectivity index is 2.32. The number of carbonyl (C=O) groups is 2. The summed E-state index contributed by atoms with van der Waals surface area (Å²) in [5, 5.41) is 3.22. The van der Waals surface area contributed by atoms with E-state index < -0.39 is 0 Å². The molecule has 0 saturated carbocycles. The minimum Gasteiger partial charge on any atom is -0.468 e. The van der Waals surface area contributed by atoms with E-state index in [-0.39, 0.29) is 17.9 Å². The Morgan fingerprint density at radius 2 is 1.94 bits per heavy atom. The zero-order valence-corrected chi connectivity index (χ0v) is 10.2. The summed E-state index contributed by atoms with van der Waals surface area (Å²) in [5.41, 5.74) is 0. The third-order valence-corrected chi connectivity index (χ3v) is 2.98. The average molecular weight is 228 g/mol.